The quantitative estimate of drug-likeness (QED) is 0.838. The maximum absolute atomic E-state index is 11.0. The van der Waals surface area contributed by atoms with Gasteiger partial charge < -0.3 is 9.84 Å². The van der Waals surface area contributed by atoms with Gasteiger partial charge in [0.25, 0.3) is 0 Å². The van der Waals surface area contributed by atoms with Crippen molar-refractivity contribution in [3.05, 3.63) is 16.3 Å². The molecule has 0 spiro atoms. The average molecular weight is 214 g/mol. The van der Waals surface area contributed by atoms with Crippen molar-refractivity contribution < 1.29 is 14.6 Å². The molecule has 0 aromatic carbocycles. The van der Waals surface area contributed by atoms with Crippen LogP contribution < -0.4 is 4.74 Å². The number of carbonyl (C=O) groups is 1. The van der Waals surface area contributed by atoms with E-state index in [1.807, 2.05) is 19.2 Å². The Labute approximate surface area is 87.3 Å². The molecule has 4 heteroatoms. The van der Waals surface area contributed by atoms with Gasteiger partial charge in [-0.15, -0.1) is 11.3 Å². The van der Waals surface area contributed by atoms with Gasteiger partial charge in [0.1, 0.15) is 5.75 Å². The Morgan fingerprint density at radius 2 is 2.21 bits per heavy atom. The van der Waals surface area contributed by atoms with Crippen LogP contribution in [-0.2, 0) is 4.79 Å². The minimum absolute atomic E-state index is 0.0934. The van der Waals surface area contributed by atoms with Crippen molar-refractivity contribution in [2.24, 2.45) is 5.92 Å². The fraction of sp³-hybridized carbons (Fsp3) is 0.500. The summed E-state index contributed by atoms with van der Waals surface area (Å²) in [7, 11) is 1.58. The minimum Gasteiger partial charge on any atom is -0.496 e. The van der Waals surface area contributed by atoms with E-state index in [1.165, 1.54) is 11.3 Å². The first-order valence-corrected chi connectivity index (χ1v) is 5.29. The molecule has 14 heavy (non-hydrogen) atoms. The van der Waals surface area contributed by atoms with Gasteiger partial charge in [-0.25, -0.2) is 0 Å². The van der Waals surface area contributed by atoms with Crippen molar-refractivity contribution in [3.63, 3.8) is 0 Å². The Balaban J connectivity index is 2.93. The molecule has 0 bridgehead atoms. The van der Waals surface area contributed by atoms with E-state index < -0.39 is 11.9 Å². The molecule has 1 aromatic heterocycles. The molecule has 0 saturated carbocycles. The molecule has 1 heterocycles. The number of aliphatic carboxylic acids is 1. The highest BCUT2D eigenvalue weighted by molar-refractivity contribution is 7.10. The average Bonchev–Trinajstić information content (AvgIpc) is 2.51. The van der Waals surface area contributed by atoms with E-state index in [0.717, 1.165) is 10.6 Å². The van der Waals surface area contributed by atoms with E-state index in [1.54, 1.807) is 13.2 Å². The van der Waals surface area contributed by atoms with Crippen LogP contribution in [0.5, 0.6) is 5.75 Å². The van der Waals surface area contributed by atoms with E-state index in [-0.39, 0.29) is 5.92 Å². The first-order chi connectivity index (χ1) is 6.56. The molecule has 0 amide bonds. The zero-order valence-corrected chi connectivity index (χ0v) is 9.30. The number of thiophene rings is 1. The molecule has 0 aliphatic carbocycles. The first kappa shape index (κ1) is 11.0. The summed E-state index contributed by atoms with van der Waals surface area (Å²) in [6, 6.07) is 1.80. The number of ether oxygens (including phenoxy) is 1. The summed E-state index contributed by atoms with van der Waals surface area (Å²) in [5, 5.41) is 10.9. The van der Waals surface area contributed by atoms with Crippen LogP contribution in [-0.4, -0.2) is 18.2 Å². The zero-order valence-electron chi connectivity index (χ0n) is 8.48. The van der Waals surface area contributed by atoms with Crippen LogP contribution in [0.2, 0.25) is 0 Å². The van der Waals surface area contributed by atoms with Gasteiger partial charge in [-0.2, -0.15) is 0 Å². The number of methoxy groups -OCH3 is 1. The largest absolute Gasteiger partial charge is 0.496 e. The molecule has 1 atom stereocenters. The van der Waals surface area contributed by atoms with Crippen molar-refractivity contribution in [2.75, 3.05) is 7.11 Å². The van der Waals surface area contributed by atoms with E-state index in [4.69, 9.17) is 9.84 Å². The fourth-order valence-corrected chi connectivity index (χ4v) is 2.46. The normalized spacial score (nSPS) is 12.9. The van der Waals surface area contributed by atoms with Crippen LogP contribution in [0.4, 0.5) is 0 Å². The van der Waals surface area contributed by atoms with Gasteiger partial charge >= 0.3 is 5.97 Å². The van der Waals surface area contributed by atoms with Crippen molar-refractivity contribution in [1.82, 2.24) is 0 Å². The van der Waals surface area contributed by atoms with Gasteiger partial charge in [0.2, 0.25) is 0 Å². The Bertz CT molecular complexity index is 317. The highest BCUT2D eigenvalue weighted by atomic mass is 32.1. The molecule has 0 radical (unpaired) electrons. The van der Waals surface area contributed by atoms with E-state index in [0.29, 0.717) is 0 Å². The molecule has 78 valence electrons. The van der Waals surface area contributed by atoms with Gasteiger partial charge in [-0.1, -0.05) is 13.8 Å². The molecule has 0 saturated heterocycles. The number of hydrogen-bond acceptors (Lipinski definition) is 3. The Hall–Kier alpha value is -1.03. The molecule has 1 unspecified atom stereocenters. The molecular formula is C10H14O3S. The Kier molecular flexibility index (Phi) is 3.52. The molecule has 0 aliphatic rings. The standard InChI is InChI=1S/C10H14O3S/c1-6(2)9(10(11)12)8-4-7(13-3)5-14-8/h4-6,9H,1-3H3,(H,11,12). The van der Waals surface area contributed by atoms with Crippen molar-refractivity contribution in [3.8, 4) is 5.75 Å². The SMILES string of the molecule is COc1csc(C(C(=O)O)C(C)C)c1. The van der Waals surface area contributed by atoms with Crippen LogP contribution in [0.3, 0.4) is 0 Å². The van der Waals surface area contributed by atoms with Crippen LogP contribution in [0.25, 0.3) is 0 Å². The lowest BCUT2D eigenvalue weighted by molar-refractivity contribution is -0.139. The second-order valence-corrected chi connectivity index (χ2v) is 4.39. The molecular weight excluding hydrogens is 200 g/mol. The summed E-state index contributed by atoms with van der Waals surface area (Å²) < 4.78 is 5.02. The van der Waals surface area contributed by atoms with Gasteiger partial charge in [-0.05, 0) is 12.0 Å². The second-order valence-electron chi connectivity index (χ2n) is 3.45. The third-order valence-corrected chi connectivity index (χ3v) is 3.06. The van der Waals surface area contributed by atoms with Crippen molar-refractivity contribution in [1.29, 1.82) is 0 Å². The number of rotatable bonds is 4. The van der Waals surface area contributed by atoms with Gasteiger partial charge in [-0.3, -0.25) is 4.79 Å². The Morgan fingerprint density at radius 3 is 2.57 bits per heavy atom. The lowest BCUT2D eigenvalue weighted by Gasteiger charge is -2.13. The third-order valence-electron chi connectivity index (χ3n) is 2.07. The van der Waals surface area contributed by atoms with Crippen molar-refractivity contribution >= 4 is 17.3 Å². The molecule has 1 aromatic rings. The smallest absolute Gasteiger partial charge is 0.312 e. The van der Waals surface area contributed by atoms with Crippen LogP contribution >= 0.6 is 11.3 Å². The highest BCUT2D eigenvalue weighted by Crippen LogP contribution is 2.32. The summed E-state index contributed by atoms with van der Waals surface area (Å²) >= 11 is 1.43. The van der Waals surface area contributed by atoms with Gasteiger partial charge in [0, 0.05) is 10.3 Å². The summed E-state index contributed by atoms with van der Waals surface area (Å²) in [6.07, 6.45) is 0. The first-order valence-electron chi connectivity index (χ1n) is 4.41. The highest BCUT2D eigenvalue weighted by Gasteiger charge is 2.25. The van der Waals surface area contributed by atoms with Gasteiger partial charge in [0.15, 0.2) is 0 Å². The summed E-state index contributed by atoms with van der Waals surface area (Å²) in [5.74, 6) is -0.374. The maximum Gasteiger partial charge on any atom is 0.312 e. The minimum atomic E-state index is -0.774. The molecule has 1 rings (SSSR count). The Morgan fingerprint density at radius 1 is 1.57 bits per heavy atom. The third kappa shape index (κ3) is 2.26. The van der Waals surface area contributed by atoms with Crippen LogP contribution in [0, 0.1) is 5.92 Å². The van der Waals surface area contributed by atoms with E-state index in [2.05, 4.69) is 0 Å². The summed E-state index contributed by atoms with van der Waals surface area (Å²) in [4.78, 5) is 11.9. The predicted octanol–water partition coefficient (Wildman–Crippen LogP) is 2.58. The topological polar surface area (TPSA) is 46.5 Å². The predicted molar refractivity (Wildman–Crippen MR) is 56.1 cm³/mol. The van der Waals surface area contributed by atoms with Crippen molar-refractivity contribution in [2.45, 2.75) is 19.8 Å². The zero-order chi connectivity index (χ0) is 10.7. The maximum atomic E-state index is 11.0. The summed E-state index contributed by atoms with van der Waals surface area (Å²) in [6.45, 7) is 3.82. The lowest BCUT2D eigenvalue weighted by atomic mass is 9.94. The molecule has 0 fully saturated rings. The summed E-state index contributed by atoms with van der Waals surface area (Å²) in [5.41, 5.74) is 0. The second kappa shape index (κ2) is 4.46. The monoisotopic (exact) mass is 214 g/mol. The van der Waals surface area contributed by atoms with E-state index >= 15 is 0 Å². The molecule has 0 aliphatic heterocycles. The number of hydrogen-bond donors (Lipinski definition) is 1. The van der Waals surface area contributed by atoms with Gasteiger partial charge in [0.05, 0.1) is 13.0 Å². The molecule has 1 N–H and O–H groups in total. The lowest BCUT2D eigenvalue weighted by Crippen LogP contribution is -2.16. The molecule has 3 nitrogen and oxygen atoms in total. The van der Waals surface area contributed by atoms with Crippen LogP contribution in [0.15, 0.2) is 11.4 Å². The van der Waals surface area contributed by atoms with E-state index in [9.17, 15) is 4.79 Å². The van der Waals surface area contributed by atoms with Crippen LogP contribution in [0.1, 0.15) is 24.6 Å². The number of carboxylic acid groups (broad SMARTS) is 1. The number of carboxylic acids is 1. The fourth-order valence-electron chi connectivity index (χ4n) is 1.34.